The van der Waals surface area contributed by atoms with E-state index >= 15 is 0 Å². The van der Waals surface area contributed by atoms with Crippen molar-refractivity contribution in [2.24, 2.45) is 0 Å². The van der Waals surface area contributed by atoms with E-state index in [1.165, 1.54) is 16.7 Å². The highest BCUT2D eigenvalue weighted by Crippen LogP contribution is 2.43. The number of ether oxygens (including phenoxy) is 1. The van der Waals surface area contributed by atoms with Gasteiger partial charge >= 0.3 is 0 Å². The van der Waals surface area contributed by atoms with Gasteiger partial charge in [-0.15, -0.1) is 0 Å². The maximum Gasteiger partial charge on any atom is 0.128 e. The Bertz CT molecular complexity index is 412. The smallest absolute Gasteiger partial charge is 0.128 e. The van der Waals surface area contributed by atoms with Crippen LogP contribution < -0.4 is 10.1 Å². The van der Waals surface area contributed by atoms with Gasteiger partial charge in [-0.2, -0.15) is 0 Å². The van der Waals surface area contributed by atoms with Crippen molar-refractivity contribution in [3.05, 3.63) is 28.8 Å². The summed E-state index contributed by atoms with van der Waals surface area (Å²) in [6.45, 7) is 11.9. The Morgan fingerprint density at radius 1 is 1.35 bits per heavy atom. The maximum atomic E-state index is 6.08. The second kappa shape index (κ2) is 4.69. The molecule has 2 unspecified atom stereocenters. The Labute approximate surface area is 104 Å². The summed E-state index contributed by atoms with van der Waals surface area (Å²) in [6.07, 6.45) is 0.226. The molecule has 0 amide bonds. The van der Waals surface area contributed by atoms with Gasteiger partial charge in [0.1, 0.15) is 11.9 Å². The minimum Gasteiger partial charge on any atom is -0.488 e. The highest BCUT2D eigenvalue weighted by atomic mass is 16.5. The average Bonchev–Trinajstić information content (AvgIpc) is 2.57. The summed E-state index contributed by atoms with van der Waals surface area (Å²) in [5.74, 6) is 1.63. The van der Waals surface area contributed by atoms with Crippen LogP contribution in [0.15, 0.2) is 12.1 Å². The van der Waals surface area contributed by atoms with Crippen LogP contribution in [0, 0.1) is 6.92 Å². The number of benzene rings is 1. The van der Waals surface area contributed by atoms with Crippen molar-refractivity contribution in [2.45, 2.75) is 52.7 Å². The van der Waals surface area contributed by atoms with Gasteiger partial charge in [-0.25, -0.2) is 0 Å². The molecule has 0 spiro atoms. The second-order valence-corrected chi connectivity index (χ2v) is 5.23. The molecule has 0 aromatic heterocycles. The van der Waals surface area contributed by atoms with Gasteiger partial charge in [-0.05, 0) is 37.4 Å². The van der Waals surface area contributed by atoms with Gasteiger partial charge in [0.05, 0.1) is 6.04 Å². The Hall–Kier alpha value is -1.02. The summed E-state index contributed by atoms with van der Waals surface area (Å²) >= 11 is 0. The fourth-order valence-electron chi connectivity index (χ4n) is 2.66. The van der Waals surface area contributed by atoms with Crippen molar-refractivity contribution in [3.63, 3.8) is 0 Å². The zero-order chi connectivity index (χ0) is 12.6. The highest BCUT2D eigenvalue weighted by Gasteiger charge is 2.34. The van der Waals surface area contributed by atoms with Crippen molar-refractivity contribution in [3.8, 4) is 5.75 Å². The summed E-state index contributed by atoms with van der Waals surface area (Å²) in [6, 6.07) is 4.77. The molecule has 2 atom stereocenters. The van der Waals surface area contributed by atoms with Crippen LogP contribution in [-0.4, -0.2) is 12.6 Å². The minimum atomic E-state index is 0.226. The van der Waals surface area contributed by atoms with E-state index in [0.717, 1.165) is 12.3 Å². The molecule has 17 heavy (non-hydrogen) atoms. The highest BCUT2D eigenvalue weighted by molar-refractivity contribution is 5.52. The van der Waals surface area contributed by atoms with E-state index in [1.54, 1.807) is 0 Å². The largest absolute Gasteiger partial charge is 0.488 e. The van der Waals surface area contributed by atoms with Gasteiger partial charge in [0.2, 0.25) is 0 Å². The van der Waals surface area contributed by atoms with Gasteiger partial charge in [0.25, 0.3) is 0 Å². The van der Waals surface area contributed by atoms with E-state index in [0.29, 0.717) is 12.0 Å². The normalized spacial score (nSPS) is 22.7. The first kappa shape index (κ1) is 12.4. The van der Waals surface area contributed by atoms with Gasteiger partial charge in [0.15, 0.2) is 0 Å². The lowest BCUT2D eigenvalue weighted by Gasteiger charge is -2.16. The number of hydrogen-bond donors (Lipinski definition) is 1. The molecule has 2 heteroatoms. The predicted octanol–water partition coefficient (Wildman–Crippen LogP) is 3.55. The number of hydrogen-bond acceptors (Lipinski definition) is 2. The third-order valence-electron chi connectivity index (χ3n) is 3.57. The quantitative estimate of drug-likeness (QED) is 0.862. The first-order chi connectivity index (χ1) is 8.06. The van der Waals surface area contributed by atoms with Crippen LogP contribution in [0.2, 0.25) is 0 Å². The zero-order valence-corrected chi connectivity index (χ0v) is 11.5. The van der Waals surface area contributed by atoms with Crippen molar-refractivity contribution in [2.75, 3.05) is 6.54 Å². The van der Waals surface area contributed by atoms with Crippen LogP contribution in [0.25, 0.3) is 0 Å². The van der Waals surface area contributed by atoms with E-state index in [2.05, 4.69) is 52.1 Å². The van der Waals surface area contributed by atoms with Crippen molar-refractivity contribution in [1.29, 1.82) is 0 Å². The molecule has 1 heterocycles. The second-order valence-electron chi connectivity index (χ2n) is 5.23. The molecule has 0 fully saturated rings. The molecular weight excluding hydrogens is 210 g/mol. The van der Waals surface area contributed by atoms with Crippen LogP contribution in [0.3, 0.4) is 0 Å². The van der Waals surface area contributed by atoms with Crippen molar-refractivity contribution >= 4 is 0 Å². The lowest BCUT2D eigenvalue weighted by atomic mass is 9.93. The topological polar surface area (TPSA) is 21.3 Å². The lowest BCUT2D eigenvalue weighted by Crippen LogP contribution is -2.28. The molecule has 94 valence electrons. The molecule has 2 rings (SSSR count). The fraction of sp³-hybridized carbons (Fsp3) is 0.600. The monoisotopic (exact) mass is 233 g/mol. The molecule has 0 saturated carbocycles. The van der Waals surface area contributed by atoms with Crippen LogP contribution in [0.5, 0.6) is 5.75 Å². The first-order valence-electron chi connectivity index (χ1n) is 6.59. The fourth-order valence-corrected chi connectivity index (χ4v) is 2.66. The van der Waals surface area contributed by atoms with Crippen molar-refractivity contribution < 1.29 is 4.74 Å². The van der Waals surface area contributed by atoms with Crippen LogP contribution >= 0.6 is 0 Å². The standard InChI is InChI=1S/C15H23NO/c1-6-16-14-11(5)17-15-12(9(2)3)8-7-10(4)13(14)15/h7-9,11,14,16H,6H2,1-5H3. The number of aryl methyl sites for hydroxylation is 1. The van der Waals surface area contributed by atoms with E-state index < -0.39 is 0 Å². The third kappa shape index (κ3) is 2.06. The third-order valence-corrected chi connectivity index (χ3v) is 3.57. The summed E-state index contributed by atoms with van der Waals surface area (Å²) < 4.78 is 6.08. The van der Waals surface area contributed by atoms with Gasteiger partial charge < -0.3 is 10.1 Å². The maximum absolute atomic E-state index is 6.08. The Morgan fingerprint density at radius 2 is 2.06 bits per heavy atom. The summed E-state index contributed by atoms with van der Waals surface area (Å²) in [5.41, 5.74) is 4.03. The van der Waals surface area contributed by atoms with Crippen LogP contribution in [-0.2, 0) is 0 Å². The summed E-state index contributed by atoms with van der Waals surface area (Å²) in [7, 11) is 0. The number of fused-ring (bicyclic) bond motifs is 1. The molecule has 1 aliphatic rings. The number of rotatable bonds is 3. The van der Waals surface area contributed by atoms with Crippen LogP contribution in [0.4, 0.5) is 0 Å². The Kier molecular flexibility index (Phi) is 3.43. The van der Waals surface area contributed by atoms with Crippen LogP contribution in [0.1, 0.15) is 56.3 Å². The van der Waals surface area contributed by atoms with E-state index in [1.807, 2.05) is 0 Å². The summed E-state index contributed by atoms with van der Waals surface area (Å²) in [4.78, 5) is 0. The SMILES string of the molecule is CCNC1c2c(C)ccc(C(C)C)c2OC1C. The van der Waals surface area contributed by atoms with Gasteiger partial charge in [-0.3, -0.25) is 0 Å². The van der Waals surface area contributed by atoms with E-state index in [4.69, 9.17) is 4.74 Å². The Balaban J connectivity index is 2.50. The molecule has 0 bridgehead atoms. The molecular formula is C15H23NO. The molecule has 1 aromatic carbocycles. The van der Waals surface area contributed by atoms with E-state index in [9.17, 15) is 0 Å². The number of likely N-dealkylation sites (N-methyl/N-ethyl adjacent to an activating group) is 1. The summed E-state index contributed by atoms with van der Waals surface area (Å²) in [5, 5.41) is 3.53. The van der Waals surface area contributed by atoms with E-state index in [-0.39, 0.29) is 6.10 Å². The average molecular weight is 233 g/mol. The lowest BCUT2D eigenvalue weighted by molar-refractivity contribution is 0.209. The first-order valence-corrected chi connectivity index (χ1v) is 6.59. The predicted molar refractivity (Wildman–Crippen MR) is 71.8 cm³/mol. The molecule has 0 saturated heterocycles. The number of nitrogens with one attached hydrogen (secondary N) is 1. The Morgan fingerprint density at radius 3 is 2.65 bits per heavy atom. The van der Waals surface area contributed by atoms with Crippen molar-refractivity contribution in [1.82, 2.24) is 5.32 Å². The molecule has 0 radical (unpaired) electrons. The molecule has 1 N–H and O–H groups in total. The molecule has 1 aliphatic heterocycles. The molecule has 1 aromatic rings. The molecule has 2 nitrogen and oxygen atoms in total. The van der Waals surface area contributed by atoms with Gasteiger partial charge in [0, 0.05) is 5.56 Å². The molecule has 0 aliphatic carbocycles. The zero-order valence-electron chi connectivity index (χ0n) is 11.5. The van der Waals surface area contributed by atoms with Gasteiger partial charge in [-0.1, -0.05) is 32.9 Å². The minimum absolute atomic E-state index is 0.226.